The van der Waals surface area contributed by atoms with E-state index in [0.29, 0.717) is 29.8 Å². The quantitative estimate of drug-likeness (QED) is 0.660. The van der Waals surface area contributed by atoms with E-state index in [2.05, 4.69) is 28.9 Å². The summed E-state index contributed by atoms with van der Waals surface area (Å²) in [5.41, 5.74) is 9.36. The summed E-state index contributed by atoms with van der Waals surface area (Å²) >= 11 is 6.45. The first-order valence-corrected chi connectivity index (χ1v) is 11.6. The van der Waals surface area contributed by atoms with Crippen molar-refractivity contribution in [1.82, 2.24) is 20.0 Å². The van der Waals surface area contributed by atoms with Crippen molar-refractivity contribution in [3.05, 3.63) is 45.6 Å². The molecular formula is C23H34ClN5O3. The van der Waals surface area contributed by atoms with Gasteiger partial charge in [-0.1, -0.05) is 18.5 Å². The van der Waals surface area contributed by atoms with Gasteiger partial charge in [0.25, 0.3) is 0 Å². The summed E-state index contributed by atoms with van der Waals surface area (Å²) in [7, 11) is 0. The molecule has 0 bridgehead atoms. The Morgan fingerprint density at radius 1 is 1.31 bits per heavy atom. The molecule has 1 aliphatic rings. The summed E-state index contributed by atoms with van der Waals surface area (Å²) in [6.07, 6.45) is 0.889. The highest BCUT2D eigenvalue weighted by Crippen LogP contribution is 2.25. The maximum Gasteiger partial charge on any atom is 0.410 e. The van der Waals surface area contributed by atoms with Crippen LogP contribution in [-0.4, -0.2) is 57.9 Å². The molecule has 8 nitrogen and oxygen atoms in total. The maximum atomic E-state index is 12.3. The third kappa shape index (κ3) is 5.99. The van der Waals surface area contributed by atoms with Crippen molar-refractivity contribution in [2.75, 3.05) is 19.6 Å². The first kappa shape index (κ1) is 24.5. The van der Waals surface area contributed by atoms with Crippen molar-refractivity contribution in [2.45, 2.75) is 72.2 Å². The van der Waals surface area contributed by atoms with E-state index in [0.717, 1.165) is 42.7 Å². The Kier molecular flexibility index (Phi) is 8.14. The van der Waals surface area contributed by atoms with Crippen LogP contribution in [0, 0.1) is 6.92 Å². The van der Waals surface area contributed by atoms with Crippen molar-refractivity contribution < 1.29 is 13.9 Å². The summed E-state index contributed by atoms with van der Waals surface area (Å²) in [6.45, 7) is 12.8. The number of amides is 1. The first-order chi connectivity index (χ1) is 15.2. The minimum Gasteiger partial charge on any atom is -0.447 e. The summed E-state index contributed by atoms with van der Waals surface area (Å²) in [4.78, 5) is 16.5. The normalized spacial score (nSPS) is 18.2. The van der Waals surface area contributed by atoms with Crippen molar-refractivity contribution in [1.29, 1.82) is 0 Å². The average Bonchev–Trinajstić information content (AvgIpc) is 3.19. The Hall–Kier alpha value is -2.16. The van der Waals surface area contributed by atoms with Crippen LogP contribution in [0.25, 0.3) is 0 Å². The number of nitrogens with zero attached hydrogens (tertiary/aromatic N) is 4. The standard InChI is InChI=1S/C23H34ClN5O3/c1-6-20(25)22-27-26-21(32-22)11-17-9-19(24)10-18(16(17)5)13-28-7-8-29(15(4)12-28)23(30)31-14(2)3/h9-10,14-15,20H,6-8,11-13,25H2,1-5H3/t15-,20-/m0/s1. The third-order valence-electron chi connectivity index (χ3n) is 5.85. The highest BCUT2D eigenvalue weighted by molar-refractivity contribution is 6.30. The summed E-state index contributed by atoms with van der Waals surface area (Å²) in [5, 5.41) is 8.90. The van der Waals surface area contributed by atoms with Gasteiger partial charge in [0.1, 0.15) is 0 Å². The van der Waals surface area contributed by atoms with E-state index >= 15 is 0 Å². The van der Waals surface area contributed by atoms with Crippen LogP contribution >= 0.6 is 11.6 Å². The lowest BCUT2D eigenvalue weighted by atomic mass is 9.99. The molecule has 1 aliphatic heterocycles. The molecule has 0 aliphatic carbocycles. The van der Waals surface area contributed by atoms with Crippen molar-refractivity contribution in [3.63, 3.8) is 0 Å². The van der Waals surface area contributed by atoms with Gasteiger partial charge in [0.2, 0.25) is 11.8 Å². The van der Waals surface area contributed by atoms with E-state index in [1.807, 2.05) is 32.9 Å². The second-order valence-corrected chi connectivity index (χ2v) is 9.22. The first-order valence-electron chi connectivity index (χ1n) is 11.2. The highest BCUT2D eigenvalue weighted by atomic mass is 35.5. The van der Waals surface area contributed by atoms with E-state index in [9.17, 15) is 4.79 Å². The van der Waals surface area contributed by atoms with Gasteiger partial charge in [-0.05, 0) is 62.9 Å². The number of ether oxygens (including phenoxy) is 1. The molecule has 2 aromatic rings. The Labute approximate surface area is 195 Å². The van der Waals surface area contributed by atoms with Crippen molar-refractivity contribution in [2.24, 2.45) is 5.73 Å². The molecular weight excluding hydrogens is 430 g/mol. The smallest absolute Gasteiger partial charge is 0.410 e. The molecule has 0 spiro atoms. The number of hydrogen-bond donors (Lipinski definition) is 1. The molecule has 32 heavy (non-hydrogen) atoms. The molecule has 0 saturated carbocycles. The number of rotatable bonds is 7. The highest BCUT2D eigenvalue weighted by Gasteiger charge is 2.29. The molecule has 0 radical (unpaired) electrons. The molecule has 1 aromatic heterocycles. The minimum absolute atomic E-state index is 0.0774. The van der Waals surface area contributed by atoms with Gasteiger partial charge in [0.15, 0.2) is 0 Å². The lowest BCUT2D eigenvalue weighted by Gasteiger charge is -2.39. The second kappa shape index (κ2) is 10.6. The van der Waals surface area contributed by atoms with Crippen LogP contribution in [0.2, 0.25) is 5.02 Å². The van der Waals surface area contributed by atoms with Crippen LogP contribution in [0.4, 0.5) is 4.79 Å². The van der Waals surface area contributed by atoms with E-state index in [4.69, 9.17) is 26.5 Å². The van der Waals surface area contributed by atoms with Gasteiger partial charge >= 0.3 is 6.09 Å². The van der Waals surface area contributed by atoms with Gasteiger partial charge in [-0.2, -0.15) is 0 Å². The van der Waals surface area contributed by atoms with E-state index in [1.54, 1.807) is 4.90 Å². The molecule has 2 N–H and O–H groups in total. The zero-order chi connectivity index (χ0) is 23.4. The number of benzene rings is 1. The fourth-order valence-electron chi connectivity index (χ4n) is 3.93. The largest absolute Gasteiger partial charge is 0.447 e. The van der Waals surface area contributed by atoms with Crippen LogP contribution in [0.1, 0.15) is 68.6 Å². The van der Waals surface area contributed by atoms with Crippen molar-refractivity contribution in [3.8, 4) is 0 Å². The zero-order valence-corrected chi connectivity index (χ0v) is 20.4. The van der Waals surface area contributed by atoms with E-state index in [1.165, 1.54) is 0 Å². The van der Waals surface area contributed by atoms with Gasteiger partial charge in [0.05, 0.1) is 18.6 Å². The lowest BCUT2D eigenvalue weighted by molar-refractivity contribution is 0.0349. The van der Waals surface area contributed by atoms with Gasteiger partial charge in [0, 0.05) is 37.2 Å². The lowest BCUT2D eigenvalue weighted by Crippen LogP contribution is -2.54. The molecule has 0 unspecified atom stereocenters. The fraction of sp³-hybridized carbons (Fsp3) is 0.609. The number of aromatic nitrogens is 2. The van der Waals surface area contributed by atoms with Crippen LogP contribution in [-0.2, 0) is 17.7 Å². The number of nitrogens with two attached hydrogens (primary N) is 1. The topological polar surface area (TPSA) is 97.7 Å². The maximum absolute atomic E-state index is 12.3. The average molecular weight is 464 g/mol. The van der Waals surface area contributed by atoms with Gasteiger partial charge < -0.3 is 19.8 Å². The Bertz CT molecular complexity index is 932. The molecule has 2 atom stereocenters. The van der Waals surface area contributed by atoms with Crippen molar-refractivity contribution >= 4 is 17.7 Å². The molecule has 1 fully saturated rings. The van der Waals surface area contributed by atoms with E-state index < -0.39 is 0 Å². The molecule has 3 rings (SSSR count). The fourth-order valence-corrected chi connectivity index (χ4v) is 4.19. The van der Waals surface area contributed by atoms with Crippen LogP contribution in [0.15, 0.2) is 16.5 Å². The van der Waals surface area contributed by atoms with Crippen LogP contribution < -0.4 is 5.73 Å². The Morgan fingerprint density at radius 2 is 2.03 bits per heavy atom. The molecule has 2 heterocycles. The molecule has 1 amide bonds. The molecule has 9 heteroatoms. The zero-order valence-electron chi connectivity index (χ0n) is 19.6. The van der Waals surface area contributed by atoms with Crippen LogP contribution in [0.5, 0.6) is 0 Å². The predicted octanol–water partition coefficient (Wildman–Crippen LogP) is 4.08. The van der Waals surface area contributed by atoms with Gasteiger partial charge in [-0.25, -0.2) is 4.79 Å². The summed E-state index contributed by atoms with van der Waals surface area (Å²) in [5.74, 6) is 0.997. The predicted molar refractivity (Wildman–Crippen MR) is 124 cm³/mol. The molecule has 1 aromatic carbocycles. The van der Waals surface area contributed by atoms with Gasteiger partial charge in [-0.3, -0.25) is 4.90 Å². The number of carbonyl (C=O) groups excluding carboxylic acids is 1. The molecule has 1 saturated heterocycles. The SMILES string of the molecule is CC[C@H](N)c1nnc(Cc2cc(Cl)cc(CN3CCN(C(=O)OC(C)C)[C@@H](C)C3)c2C)o1. The Balaban J connectivity index is 1.68. The van der Waals surface area contributed by atoms with Crippen LogP contribution in [0.3, 0.4) is 0 Å². The third-order valence-corrected chi connectivity index (χ3v) is 6.06. The summed E-state index contributed by atoms with van der Waals surface area (Å²) < 4.78 is 11.1. The Morgan fingerprint density at radius 3 is 2.69 bits per heavy atom. The second-order valence-electron chi connectivity index (χ2n) is 8.78. The summed E-state index contributed by atoms with van der Waals surface area (Å²) in [6, 6.07) is 3.79. The number of halogens is 1. The number of hydrogen-bond acceptors (Lipinski definition) is 7. The van der Waals surface area contributed by atoms with E-state index in [-0.39, 0.29) is 24.3 Å². The minimum atomic E-state index is -0.245. The monoisotopic (exact) mass is 463 g/mol. The number of carbonyl (C=O) groups is 1. The number of piperazine rings is 1. The van der Waals surface area contributed by atoms with Gasteiger partial charge in [-0.15, -0.1) is 10.2 Å². The molecule has 176 valence electrons.